The van der Waals surface area contributed by atoms with Gasteiger partial charge in [0.25, 0.3) is 0 Å². The number of Topliss-reactive ketones (excluding diaryl/α,β-unsaturated/α-hetero) is 1. The largest absolute Gasteiger partial charge is 0.454 e. The number of ketones is 1. The van der Waals surface area contributed by atoms with Crippen molar-refractivity contribution < 1.29 is 19.0 Å². The summed E-state index contributed by atoms with van der Waals surface area (Å²) in [6.45, 7) is 4.56. The molecule has 1 aliphatic carbocycles. The fraction of sp³-hybridized carbons (Fsp3) is 0.500. The van der Waals surface area contributed by atoms with Gasteiger partial charge in [0.2, 0.25) is 6.79 Å². The average Bonchev–Trinajstić information content (AvgIpc) is 3.17. The summed E-state index contributed by atoms with van der Waals surface area (Å²) < 4.78 is 16.1. The Hall–Kier alpha value is -1.56. The fourth-order valence-corrected chi connectivity index (χ4v) is 3.46. The molecule has 0 aromatic heterocycles. The molecule has 24 heavy (non-hydrogen) atoms. The zero-order chi connectivity index (χ0) is 15.6. The molecule has 2 aliphatic heterocycles. The lowest BCUT2D eigenvalue weighted by atomic mass is 10.0. The summed E-state index contributed by atoms with van der Waals surface area (Å²) >= 11 is 0. The first-order valence-corrected chi connectivity index (χ1v) is 8.24. The number of hydrogen-bond acceptors (Lipinski definition) is 5. The lowest BCUT2D eigenvalue weighted by Gasteiger charge is -2.28. The predicted molar refractivity (Wildman–Crippen MR) is 92.8 cm³/mol. The molecule has 1 aromatic rings. The minimum Gasteiger partial charge on any atom is -0.454 e. The molecule has 0 radical (unpaired) electrons. The molecule has 2 heterocycles. The highest BCUT2D eigenvalue weighted by Gasteiger charge is 2.31. The van der Waals surface area contributed by atoms with Crippen molar-refractivity contribution in [1.29, 1.82) is 0 Å². The van der Waals surface area contributed by atoms with Gasteiger partial charge in [0.1, 0.15) is 0 Å². The first-order chi connectivity index (χ1) is 11.3. The van der Waals surface area contributed by atoms with Crippen LogP contribution in [-0.2, 0) is 9.53 Å². The minimum absolute atomic E-state index is 0. The normalized spacial score (nSPS) is 25.1. The lowest BCUT2D eigenvalue weighted by molar-refractivity contribution is -0.118. The van der Waals surface area contributed by atoms with E-state index in [9.17, 15) is 4.79 Å². The van der Waals surface area contributed by atoms with Crippen molar-refractivity contribution in [2.75, 3.05) is 39.6 Å². The molecule has 130 valence electrons. The van der Waals surface area contributed by atoms with E-state index in [1.54, 1.807) is 0 Å². The van der Waals surface area contributed by atoms with Crippen molar-refractivity contribution in [3.8, 4) is 11.5 Å². The van der Waals surface area contributed by atoms with Crippen molar-refractivity contribution >= 4 is 24.3 Å². The number of nitrogens with zero attached hydrogens (tertiary/aromatic N) is 1. The summed E-state index contributed by atoms with van der Waals surface area (Å²) in [6, 6.07) is 5.82. The number of benzene rings is 1. The van der Waals surface area contributed by atoms with Crippen LogP contribution in [0.4, 0.5) is 0 Å². The van der Waals surface area contributed by atoms with Gasteiger partial charge in [-0.2, -0.15) is 0 Å². The lowest BCUT2D eigenvalue weighted by Crippen LogP contribution is -2.40. The third kappa shape index (κ3) is 3.58. The summed E-state index contributed by atoms with van der Waals surface area (Å²) in [4.78, 5) is 15.0. The maximum atomic E-state index is 12.6. The van der Waals surface area contributed by atoms with Crippen LogP contribution in [0.1, 0.15) is 18.4 Å². The molecule has 5 nitrogen and oxygen atoms in total. The van der Waals surface area contributed by atoms with Crippen LogP contribution in [0.25, 0.3) is 6.08 Å². The van der Waals surface area contributed by atoms with Gasteiger partial charge in [0.05, 0.1) is 13.2 Å². The number of halogens is 1. The number of carbonyl (C=O) groups excluding carboxylic acids is 1. The van der Waals surface area contributed by atoms with E-state index < -0.39 is 0 Å². The predicted octanol–water partition coefficient (Wildman–Crippen LogP) is 2.53. The van der Waals surface area contributed by atoms with Crippen molar-refractivity contribution in [1.82, 2.24) is 4.90 Å². The third-order valence-corrected chi connectivity index (χ3v) is 4.77. The van der Waals surface area contributed by atoms with Crippen LogP contribution in [0.2, 0.25) is 0 Å². The summed E-state index contributed by atoms with van der Waals surface area (Å²) in [7, 11) is 0. The SMILES string of the molecule is Cl.O=C1C(=Cc2ccc3c(c2)OCO3)CCC1CN1CCOCC1. The second-order valence-corrected chi connectivity index (χ2v) is 6.30. The summed E-state index contributed by atoms with van der Waals surface area (Å²) in [5.41, 5.74) is 1.94. The van der Waals surface area contributed by atoms with Crippen LogP contribution >= 0.6 is 12.4 Å². The fourth-order valence-electron chi connectivity index (χ4n) is 3.46. The van der Waals surface area contributed by atoms with E-state index in [2.05, 4.69) is 4.90 Å². The molecular weight excluding hydrogens is 330 g/mol. The molecule has 4 rings (SSSR count). The van der Waals surface area contributed by atoms with Crippen LogP contribution in [0.5, 0.6) is 11.5 Å². The Morgan fingerprint density at radius 3 is 2.79 bits per heavy atom. The Balaban J connectivity index is 0.00000169. The molecule has 0 amide bonds. The highest BCUT2D eigenvalue weighted by atomic mass is 35.5. The smallest absolute Gasteiger partial charge is 0.231 e. The molecule has 0 N–H and O–H groups in total. The second-order valence-electron chi connectivity index (χ2n) is 6.30. The number of rotatable bonds is 3. The molecule has 1 unspecified atom stereocenters. The number of hydrogen-bond donors (Lipinski definition) is 0. The molecule has 3 aliphatic rings. The topological polar surface area (TPSA) is 48.0 Å². The van der Waals surface area contributed by atoms with Gasteiger partial charge in [-0.25, -0.2) is 0 Å². The van der Waals surface area contributed by atoms with Gasteiger partial charge in [-0.15, -0.1) is 12.4 Å². The van der Waals surface area contributed by atoms with E-state index in [4.69, 9.17) is 14.2 Å². The minimum atomic E-state index is 0. The van der Waals surface area contributed by atoms with Crippen LogP contribution in [0.3, 0.4) is 0 Å². The molecule has 1 saturated carbocycles. The molecule has 1 atom stereocenters. The van der Waals surface area contributed by atoms with Gasteiger partial charge in [-0.1, -0.05) is 6.07 Å². The van der Waals surface area contributed by atoms with Crippen LogP contribution < -0.4 is 9.47 Å². The molecular formula is C18H22ClNO4. The van der Waals surface area contributed by atoms with Gasteiger partial charge in [-0.3, -0.25) is 9.69 Å². The van der Waals surface area contributed by atoms with Crippen molar-refractivity contribution in [2.24, 2.45) is 5.92 Å². The number of morpholine rings is 1. The summed E-state index contributed by atoms with van der Waals surface area (Å²) in [6.07, 6.45) is 3.82. The molecule has 0 spiro atoms. The highest BCUT2D eigenvalue weighted by Crippen LogP contribution is 2.35. The molecule has 6 heteroatoms. The number of ether oxygens (including phenoxy) is 3. The maximum absolute atomic E-state index is 12.6. The van der Waals surface area contributed by atoms with E-state index in [1.807, 2.05) is 24.3 Å². The Labute approximate surface area is 148 Å². The van der Waals surface area contributed by atoms with E-state index in [1.165, 1.54) is 0 Å². The monoisotopic (exact) mass is 351 g/mol. The van der Waals surface area contributed by atoms with Crippen LogP contribution in [0.15, 0.2) is 23.8 Å². The number of fused-ring (bicyclic) bond motifs is 1. The van der Waals surface area contributed by atoms with Crippen LogP contribution in [-0.4, -0.2) is 50.3 Å². The first-order valence-electron chi connectivity index (χ1n) is 8.24. The van der Waals surface area contributed by atoms with E-state index in [0.29, 0.717) is 5.78 Å². The van der Waals surface area contributed by atoms with Crippen molar-refractivity contribution in [3.05, 3.63) is 29.3 Å². The number of carbonyl (C=O) groups is 1. The van der Waals surface area contributed by atoms with E-state index in [0.717, 1.165) is 68.3 Å². The molecule has 0 bridgehead atoms. The Morgan fingerprint density at radius 2 is 1.96 bits per heavy atom. The zero-order valence-electron chi connectivity index (χ0n) is 13.5. The van der Waals surface area contributed by atoms with Crippen LogP contribution in [0, 0.1) is 5.92 Å². The van der Waals surface area contributed by atoms with Gasteiger partial charge >= 0.3 is 0 Å². The zero-order valence-corrected chi connectivity index (χ0v) is 14.3. The molecule has 2 fully saturated rings. The Bertz CT molecular complexity index is 640. The molecule has 1 aromatic carbocycles. The summed E-state index contributed by atoms with van der Waals surface area (Å²) in [5.74, 6) is 1.97. The Kier molecular flexibility index (Phi) is 5.43. The average molecular weight is 352 g/mol. The maximum Gasteiger partial charge on any atom is 0.231 e. The van der Waals surface area contributed by atoms with E-state index >= 15 is 0 Å². The Morgan fingerprint density at radius 1 is 1.17 bits per heavy atom. The van der Waals surface area contributed by atoms with Gasteiger partial charge in [-0.05, 0) is 42.2 Å². The van der Waals surface area contributed by atoms with Crippen molar-refractivity contribution in [3.63, 3.8) is 0 Å². The first kappa shape index (κ1) is 17.3. The quantitative estimate of drug-likeness (QED) is 0.783. The number of allylic oxidation sites excluding steroid dienone is 1. The van der Waals surface area contributed by atoms with Gasteiger partial charge in [0.15, 0.2) is 17.3 Å². The highest BCUT2D eigenvalue weighted by molar-refractivity contribution is 6.03. The third-order valence-electron chi connectivity index (χ3n) is 4.77. The molecule has 1 saturated heterocycles. The van der Waals surface area contributed by atoms with Gasteiger partial charge < -0.3 is 14.2 Å². The second kappa shape index (κ2) is 7.55. The van der Waals surface area contributed by atoms with Crippen molar-refractivity contribution in [2.45, 2.75) is 12.8 Å². The standard InChI is InChI=1S/C18H21NO4.ClH/c20-18-14(2-3-15(18)11-19-5-7-21-8-6-19)9-13-1-4-16-17(10-13)23-12-22-16;/h1,4,9-10,15H,2-3,5-8,11-12H2;1H. The van der Waals surface area contributed by atoms with E-state index in [-0.39, 0.29) is 25.1 Å². The summed E-state index contributed by atoms with van der Waals surface area (Å²) in [5, 5.41) is 0. The van der Waals surface area contributed by atoms with Gasteiger partial charge in [0, 0.05) is 25.6 Å².